The summed E-state index contributed by atoms with van der Waals surface area (Å²) in [6.07, 6.45) is 0. The topological polar surface area (TPSA) is 12.5 Å². The standard InChI is InChI=1S/C10H13NO/c1-2-4-10(5-3-1)11-6-8-12-9-7-11/h1-5H,6-9H2/i1D. The number of hydrogen-bond acceptors (Lipinski definition) is 2. The number of rotatable bonds is 1. The Morgan fingerprint density at radius 1 is 1.25 bits per heavy atom. The molecular weight excluding hydrogens is 150 g/mol. The van der Waals surface area contributed by atoms with Crippen LogP contribution in [-0.4, -0.2) is 26.3 Å². The summed E-state index contributed by atoms with van der Waals surface area (Å²) in [7, 11) is 0. The van der Waals surface area contributed by atoms with Crippen LogP contribution in [0.25, 0.3) is 0 Å². The highest BCUT2D eigenvalue weighted by Gasteiger charge is 2.09. The Morgan fingerprint density at radius 2 is 1.92 bits per heavy atom. The van der Waals surface area contributed by atoms with Crippen molar-refractivity contribution in [3.63, 3.8) is 0 Å². The largest absolute Gasteiger partial charge is 0.378 e. The third-order valence-electron chi connectivity index (χ3n) is 2.08. The lowest BCUT2D eigenvalue weighted by molar-refractivity contribution is 0.122. The van der Waals surface area contributed by atoms with E-state index >= 15 is 0 Å². The molecule has 0 unspecified atom stereocenters. The minimum absolute atomic E-state index is 0.567. The maximum Gasteiger partial charge on any atom is 0.0642 e. The normalized spacial score (nSPS) is 19.0. The average Bonchev–Trinajstić information content (AvgIpc) is 2.20. The van der Waals surface area contributed by atoms with Crippen molar-refractivity contribution in [2.45, 2.75) is 0 Å². The summed E-state index contributed by atoms with van der Waals surface area (Å²) in [5.74, 6) is 0. The van der Waals surface area contributed by atoms with Crippen LogP contribution >= 0.6 is 0 Å². The van der Waals surface area contributed by atoms with Crippen LogP contribution in [0, 0.1) is 0 Å². The molecule has 1 heterocycles. The van der Waals surface area contributed by atoms with Gasteiger partial charge < -0.3 is 9.64 Å². The van der Waals surface area contributed by atoms with Gasteiger partial charge in [-0.2, -0.15) is 0 Å². The van der Waals surface area contributed by atoms with Crippen molar-refractivity contribution >= 4 is 5.69 Å². The Balaban J connectivity index is 2.10. The summed E-state index contributed by atoms with van der Waals surface area (Å²) in [6, 6.07) is 8.20. The van der Waals surface area contributed by atoms with Gasteiger partial charge in [-0.1, -0.05) is 18.2 Å². The summed E-state index contributed by atoms with van der Waals surface area (Å²) in [4.78, 5) is 2.28. The molecule has 0 saturated carbocycles. The molecule has 2 heteroatoms. The highest BCUT2D eigenvalue weighted by atomic mass is 16.5. The molecule has 0 atom stereocenters. The first-order valence-electron chi connectivity index (χ1n) is 4.75. The van der Waals surface area contributed by atoms with E-state index in [0.717, 1.165) is 26.3 Å². The number of benzene rings is 1. The zero-order valence-corrected chi connectivity index (χ0v) is 6.99. The second-order valence-electron chi connectivity index (χ2n) is 2.86. The Morgan fingerprint density at radius 3 is 2.58 bits per heavy atom. The Bertz CT molecular complexity index is 267. The molecular formula is C10H13NO. The predicted molar refractivity (Wildman–Crippen MR) is 49.5 cm³/mol. The van der Waals surface area contributed by atoms with Gasteiger partial charge in [-0.15, -0.1) is 0 Å². The quantitative estimate of drug-likeness (QED) is 0.624. The molecule has 0 aromatic heterocycles. The number of anilines is 1. The second kappa shape index (κ2) is 3.59. The molecule has 0 bridgehead atoms. The zero-order chi connectivity index (χ0) is 9.10. The van der Waals surface area contributed by atoms with Gasteiger partial charge in [0.15, 0.2) is 0 Å². The minimum Gasteiger partial charge on any atom is -0.378 e. The average molecular weight is 164 g/mol. The first-order valence-corrected chi connectivity index (χ1v) is 4.25. The van der Waals surface area contributed by atoms with Gasteiger partial charge in [0, 0.05) is 18.8 Å². The molecule has 0 amide bonds. The van der Waals surface area contributed by atoms with Gasteiger partial charge in [0.1, 0.15) is 0 Å². The van der Waals surface area contributed by atoms with Gasteiger partial charge in [0.25, 0.3) is 0 Å². The van der Waals surface area contributed by atoms with Gasteiger partial charge in [-0.25, -0.2) is 0 Å². The lowest BCUT2D eigenvalue weighted by Gasteiger charge is -2.28. The molecule has 0 aliphatic carbocycles. The lowest BCUT2D eigenvalue weighted by atomic mass is 10.3. The Labute approximate surface area is 74.2 Å². The maximum absolute atomic E-state index is 7.36. The Hall–Kier alpha value is -1.02. The van der Waals surface area contributed by atoms with Crippen molar-refractivity contribution < 1.29 is 6.11 Å². The van der Waals surface area contributed by atoms with Crippen molar-refractivity contribution in [1.29, 1.82) is 0 Å². The molecule has 1 aliphatic heterocycles. The van der Waals surface area contributed by atoms with Crippen LogP contribution in [0.2, 0.25) is 0 Å². The number of ether oxygens (including phenoxy) is 1. The third-order valence-corrected chi connectivity index (χ3v) is 2.08. The van der Waals surface area contributed by atoms with Crippen LogP contribution in [0.3, 0.4) is 0 Å². The van der Waals surface area contributed by atoms with Crippen LogP contribution in [0.15, 0.2) is 30.3 Å². The van der Waals surface area contributed by atoms with Crippen molar-refractivity contribution in [2.24, 2.45) is 0 Å². The van der Waals surface area contributed by atoms with Gasteiger partial charge in [0.05, 0.1) is 14.6 Å². The van der Waals surface area contributed by atoms with E-state index in [1.165, 1.54) is 5.69 Å². The molecule has 0 radical (unpaired) electrons. The molecule has 1 aromatic carbocycles. The number of para-hydroxylation sites is 1. The fourth-order valence-electron chi connectivity index (χ4n) is 1.41. The van der Waals surface area contributed by atoms with E-state index in [0.29, 0.717) is 6.04 Å². The van der Waals surface area contributed by atoms with E-state index in [4.69, 9.17) is 6.11 Å². The van der Waals surface area contributed by atoms with Gasteiger partial charge in [-0.05, 0) is 12.1 Å². The van der Waals surface area contributed by atoms with Crippen LogP contribution < -0.4 is 4.90 Å². The zero-order valence-electron chi connectivity index (χ0n) is 7.99. The third kappa shape index (κ3) is 1.59. The maximum atomic E-state index is 7.36. The monoisotopic (exact) mass is 164 g/mol. The van der Waals surface area contributed by atoms with Gasteiger partial charge in [0.2, 0.25) is 0 Å². The van der Waals surface area contributed by atoms with E-state index in [2.05, 4.69) is 4.90 Å². The SMILES string of the molecule is [2H]c1ccc(N2CCOCC2)cc1. The van der Waals surface area contributed by atoms with Crippen LogP contribution in [0.4, 0.5) is 5.69 Å². The minimum atomic E-state index is 0.567. The summed E-state index contributed by atoms with van der Waals surface area (Å²) in [6.45, 7) is 3.53. The summed E-state index contributed by atoms with van der Waals surface area (Å²) in [5, 5.41) is 0. The molecule has 1 saturated heterocycles. The summed E-state index contributed by atoms with van der Waals surface area (Å²) in [5.41, 5.74) is 1.19. The van der Waals surface area contributed by atoms with Crippen LogP contribution in [0.1, 0.15) is 1.37 Å². The molecule has 2 nitrogen and oxygen atoms in total. The first kappa shape index (κ1) is 6.49. The molecule has 0 spiro atoms. The van der Waals surface area contributed by atoms with Crippen LogP contribution in [0.5, 0.6) is 0 Å². The smallest absolute Gasteiger partial charge is 0.0642 e. The Kier molecular flexibility index (Phi) is 1.94. The molecule has 1 aromatic rings. The van der Waals surface area contributed by atoms with E-state index in [-0.39, 0.29) is 0 Å². The molecule has 1 fully saturated rings. The molecule has 64 valence electrons. The number of morpholine rings is 1. The number of hydrogen-bond donors (Lipinski definition) is 0. The van der Waals surface area contributed by atoms with E-state index < -0.39 is 0 Å². The lowest BCUT2D eigenvalue weighted by Crippen LogP contribution is -2.36. The second-order valence-corrected chi connectivity index (χ2v) is 2.86. The summed E-state index contributed by atoms with van der Waals surface area (Å²) < 4.78 is 12.6. The highest BCUT2D eigenvalue weighted by Crippen LogP contribution is 2.13. The fraction of sp³-hybridized carbons (Fsp3) is 0.400. The highest BCUT2D eigenvalue weighted by molar-refractivity contribution is 5.46. The van der Waals surface area contributed by atoms with Crippen molar-refractivity contribution in [1.82, 2.24) is 0 Å². The van der Waals surface area contributed by atoms with Crippen molar-refractivity contribution in [2.75, 3.05) is 31.2 Å². The van der Waals surface area contributed by atoms with Crippen molar-refractivity contribution in [3.8, 4) is 0 Å². The molecule has 0 N–H and O–H groups in total. The molecule has 12 heavy (non-hydrogen) atoms. The van der Waals surface area contributed by atoms with Crippen molar-refractivity contribution in [3.05, 3.63) is 30.3 Å². The van der Waals surface area contributed by atoms with E-state index in [9.17, 15) is 0 Å². The molecule has 1 aliphatic rings. The fourth-order valence-corrected chi connectivity index (χ4v) is 1.41. The first-order chi connectivity index (χ1) is 6.36. The van der Waals surface area contributed by atoms with E-state index in [1.807, 2.05) is 24.3 Å². The number of nitrogens with zero attached hydrogens (tertiary/aromatic N) is 1. The predicted octanol–water partition coefficient (Wildman–Crippen LogP) is 1.52. The van der Waals surface area contributed by atoms with Gasteiger partial charge >= 0.3 is 0 Å². The van der Waals surface area contributed by atoms with Gasteiger partial charge in [-0.3, -0.25) is 0 Å². The van der Waals surface area contributed by atoms with E-state index in [1.54, 1.807) is 0 Å². The molecule has 2 rings (SSSR count). The summed E-state index contributed by atoms with van der Waals surface area (Å²) >= 11 is 0. The van der Waals surface area contributed by atoms with Crippen LogP contribution in [-0.2, 0) is 4.74 Å².